The summed E-state index contributed by atoms with van der Waals surface area (Å²) in [5.74, 6) is 0. The quantitative estimate of drug-likeness (QED) is 0.653. The van der Waals surface area contributed by atoms with Gasteiger partial charge in [0.15, 0.2) is 0 Å². The van der Waals surface area contributed by atoms with E-state index in [1.54, 1.807) is 0 Å². The zero-order chi connectivity index (χ0) is 16.8. The fraction of sp³-hybridized carbons (Fsp3) is 0.136. The first-order valence-electron chi connectivity index (χ1n) is 8.19. The third-order valence-corrected chi connectivity index (χ3v) is 4.23. The van der Waals surface area contributed by atoms with E-state index in [1.807, 2.05) is 42.5 Å². The predicted molar refractivity (Wildman–Crippen MR) is 98.1 cm³/mol. The molecule has 1 N–H and O–H groups in total. The molecule has 1 unspecified atom stereocenters. The van der Waals surface area contributed by atoms with Gasteiger partial charge < -0.3 is 0 Å². The van der Waals surface area contributed by atoms with Crippen LogP contribution < -0.4 is 5.32 Å². The normalized spacial score (nSPS) is 13.2. The van der Waals surface area contributed by atoms with Crippen molar-refractivity contribution < 1.29 is 4.79 Å². The molecule has 0 aliphatic heterocycles. The Labute approximate surface area is 143 Å². The Hall–Kier alpha value is -2.71. The average molecular weight is 315 g/mol. The molecule has 0 bridgehead atoms. The minimum atomic E-state index is 0.0290. The summed E-state index contributed by atoms with van der Waals surface area (Å²) in [6.07, 6.45) is 0.895. The number of benzene rings is 3. The Balaban J connectivity index is 1.95. The number of aldehydes is 1. The van der Waals surface area contributed by atoms with E-state index in [2.05, 4.69) is 54.7 Å². The Morgan fingerprint density at radius 1 is 0.750 bits per heavy atom. The Morgan fingerprint density at radius 3 is 1.96 bits per heavy atom. The number of carbonyl (C=O) groups excluding carboxylic acids is 1. The van der Waals surface area contributed by atoms with Crippen LogP contribution in [0.2, 0.25) is 0 Å². The highest BCUT2D eigenvalue weighted by Gasteiger charge is 2.17. The SMILES string of the molecule is C[C@@H](NC(c1ccccc1)c1cccc(C=O)c1)c1ccccc1. The molecule has 0 heterocycles. The minimum Gasteiger partial charge on any atom is -0.300 e. The Morgan fingerprint density at radius 2 is 1.33 bits per heavy atom. The van der Waals surface area contributed by atoms with E-state index in [-0.39, 0.29) is 12.1 Å². The van der Waals surface area contributed by atoms with E-state index in [4.69, 9.17) is 0 Å². The van der Waals surface area contributed by atoms with Crippen molar-refractivity contribution in [1.82, 2.24) is 5.32 Å². The van der Waals surface area contributed by atoms with Crippen LogP contribution in [0.1, 0.15) is 46.1 Å². The van der Waals surface area contributed by atoms with Crippen LogP contribution in [0, 0.1) is 0 Å². The van der Waals surface area contributed by atoms with Crippen molar-refractivity contribution in [2.75, 3.05) is 0 Å². The van der Waals surface area contributed by atoms with Gasteiger partial charge in [0.1, 0.15) is 6.29 Å². The molecule has 0 aromatic heterocycles. The molecule has 0 aliphatic rings. The standard InChI is InChI=1S/C22H21NO/c1-17(19-10-4-2-5-11-19)23-22(20-12-6-3-7-13-20)21-14-8-9-18(15-21)16-24/h2-17,22-23H,1H3/t17-,22?/m1/s1. The van der Waals surface area contributed by atoms with Gasteiger partial charge in [0.2, 0.25) is 0 Å². The van der Waals surface area contributed by atoms with Crippen LogP contribution in [0.5, 0.6) is 0 Å². The van der Waals surface area contributed by atoms with Gasteiger partial charge in [0.05, 0.1) is 6.04 Å². The first kappa shape index (κ1) is 16.2. The molecule has 24 heavy (non-hydrogen) atoms. The number of hydrogen-bond donors (Lipinski definition) is 1. The molecule has 2 heteroatoms. The maximum Gasteiger partial charge on any atom is 0.150 e. The zero-order valence-corrected chi connectivity index (χ0v) is 13.7. The number of rotatable bonds is 6. The molecule has 3 rings (SSSR count). The van der Waals surface area contributed by atoms with Crippen LogP contribution in [-0.4, -0.2) is 6.29 Å². The second kappa shape index (κ2) is 7.71. The zero-order valence-electron chi connectivity index (χ0n) is 13.7. The van der Waals surface area contributed by atoms with Crippen molar-refractivity contribution in [2.24, 2.45) is 0 Å². The van der Waals surface area contributed by atoms with Gasteiger partial charge in [-0.2, -0.15) is 0 Å². The van der Waals surface area contributed by atoms with Gasteiger partial charge in [-0.25, -0.2) is 0 Å². The van der Waals surface area contributed by atoms with Crippen molar-refractivity contribution in [3.63, 3.8) is 0 Å². The topological polar surface area (TPSA) is 29.1 Å². The first-order valence-corrected chi connectivity index (χ1v) is 8.19. The van der Waals surface area contributed by atoms with E-state index < -0.39 is 0 Å². The summed E-state index contributed by atoms with van der Waals surface area (Å²) in [6, 6.07) is 28.7. The van der Waals surface area contributed by atoms with Crippen molar-refractivity contribution >= 4 is 6.29 Å². The van der Waals surface area contributed by atoms with Gasteiger partial charge >= 0.3 is 0 Å². The van der Waals surface area contributed by atoms with E-state index in [0.717, 1.165) is 11.8 Å². The maximum atomic E-state index is 11.1. The van der Waals surface area contributed by atoms with Crippen LogP contribution >= 0.6 is 0 Å². The van der Waals surface area contributed by atoms with Crippen LogP contribution in [-0.2, 0) is 0 Å². The predicted octanol–water partition coefficient (Wildman–Crippen LogP) is 4.94. The lowest BCUT2D eigenvalue weighted by Gasteiger charge is -2.25. The van der Waals surface area contributed by atoms with E-state index in [9.17, 15) is 4.79 Å². The second-order valence-electron chi connectivity index (χ2n) is 5.93. The molecule has 0 spiro atoms. The Bertz CT molecular complexity index is 783. The summed E-state index contributed by atoms with van der Waals surface area (Å²) >= 11 is 0. The third kappa shape index (κ3) is 3.79. The van der Waals surface area contributed by atoms with E-state index in [1.165, 1.54) is 11.1 Å². The third-order valence-electron chi connectivity index (χ3n) is 4.23. The highest BCUT2D eigenvalue weighted by Crippen LogP contribution is 2.26. The van der Waals surface area contributed by atoms with Crippen molar-refractivity contribution in [2.45, 2.75) is 19.0 Å². The molecule has 2 atom stereocenters. The monoisotopic (exact) mass is 315 g/mol. The second-order valence-corrected chi connectivity index (χ2v) is 5.93. The van der Waals surface area contributed by atoms with Crippen LogP contribution in [0.3, 0.4) is 0 Å². The van der Waals surface area contributed by atoms with Gasteiger partial charge in [-0.3, -0.25) is 10.1 Å². The summed E-state index contributed by atoms with van der Waals surface area (Å²) in [5.41, 5.74) is 4.21. The summed E-state index contributed by atoms with van der Waals surface area (Å²) in [5, 5.41) is 3.70. The van der Waals surface area contributed by atoms with Crippen molar-refractivity contribution in [1.29, 1.82) is 0 Å². The van der Waals surface area contributed by atoms with E-state index >= 15 is 0 Å². The molecule has 0 radical (unpaired) electrons. The number of nitrogens with one attached hydrogen (secondary N) is 1. The van der Waals surface area contributed by atoms with Gasteiger partial charge in [-0.1, -0.05) is 78.9 Å². The molecule has 3 aromatic rings. The minimum absolute atomic E-state index is 0.0290. The van der Waals surface area contributed by atoms with Crippen molar-refractivity contribution in [3.8, 4) is 0 Å². The fourth-order valence-corrected chi connectivity index (χ4v) is 2.93. The number of carbonyl (C=O) groups is 1. The molecule has 2 nitrogen and oxygen atoms in total. The molecular weight excluding hydrogens is 294 g/mol. The molecule has 3 aromatic carbocycles. The fourth-order valence-electron chi connectivity index (χ4n) is 2.93. The summed E-state index contributed by atoms with van der Waals surface area (Å²) in [7, 11) is 0. The van der Waals surface area contributed by atoms with Crippen LogP contribution in [0.25, 0.3) is 0 Å². The molecule has 0 amide bonds. The Kier molecular flexibility index (Phi) is 5.19. The molecule has 120 valence electrons. The van der Waals surface area contributed by atoms with Crippen LogP contribution in [0.4, 0.5) is 0 Å². The lowest BCUT2D eigenvalue weighted by Crippen LogP contribution is -2.25. The summed E-state index contributed by atoms with van der Waals surface area (Å²) in [4.78, 5) is 11.1. The first-order chi connectivity index (χ1) is 11.8. The smallest absolute Gasteiger partial charge is 0.150 e. The number of hydrogen-bond acceptors (Lipinski definition) is 2. The highest BCUT2D eigenvalue weighted by molar-refractivity contribution is 5.75. The lowest BCUT2D eigenvalue weighted by atomic mass is 9.95. The van der Waals surface area contributed by atoms with Gasteiger partial charge in [-0.05, 0) is 29.7 Å². The largest absolute Gasteiger partial charge is 0.300 e. The molecular formula is C22H21NO. The summed E-state index contributed by atoms with van der Waals surface area (Å²) in [6.45, 7) is 2.16. The van der Waals surface area contributed by atoms with Gasteiger partial charge in [0, 0.05) is 11.6 Å². The highest BCUT2D eigenvalue weighted by atomic mass is 16.1. The van der Waals surface area contributed by atoms with Crippen LogP contribution in [0.15, 0.2) is 84.9 Å². The summed E-state index contributed by atoms with van der Waals surface area (Å²) < 4.78 is 0. The van der Waals surface area contributed by atoms with Gasteiger partial charge in [0.25, 0.3) is 0 Å². The van der Waals surface area contributed by atoms with Crippen molar-refractivity contribution in [3.05, 3.63) is 107 Å². The molecule has 0 saturated carbocycles. The molecule has 0 aliphatic carbocycles. The average Bonchev–Trinajstić information content (AvgIpc) is 2.67. The maximum absolute atomic E-state index is 11.1. The molecule has 0 fully saturated rings. The molecule has 0 saturated heterocycles. The van der Waals surface area contributed by atoms with Gasteiger partial charge in [-0.15, -0.1) is 0 Å². The van der Waals surface area contributed by atoms with E-state index in [0.29, 0.717) is 5.56 Å². The lowest BCUT2D eigenvalue weighted by molar-refractivity contribution is 0.112.